The third kappa shape index (κ3) is 4.49. The Labute approximate surface area is 195 Å². The van der Waals surface area contributed by atoms with Crippen LogP contribution in [0.25, 0.3) is 22.4 Å². The summed E-state index contributed by atoms with van der Waals surface area (Å²) in [5, 5.41) is 3.48. The molecule has 0 saturated heterocycles. The number of thiophene rings is 1. The van der Waals surface area contributed by atoms with Crippen molar-refractivity contribution in [3.05, 3.63) is 81.9 Å². The molecule has 0 aliphatic carbocycles. The van der Waals surface area contributed by atoms with E-state index < -0.39 is 0 Å². The largest absolute Gasteiger partial charge is 0.497 e. The molecule has 2 heterocycles. The van der Waals surface area contributed by atoms with Gasteiger partial charge in [0.1, 0.15) is 15.5 Å². The van der Waals surface area contributed by atoms with Crippen LogP contribution in [0.2, 0.25) is 0 Å². The zero-order valence-electron chi connectivity index (χ0n) is 18.5. The number of nitrogens with two attached hydrogens (primary N) is 1. The summed E-state index contributed by atoms with van der Waals surface area (Å²) in [6.45, 7) is 3.30. The van der Waals surface area contributed by atoms with E-state index in [1.54, 1.807) is 38.3 Å². The number of amides is 1. The van der Waals surface area contributed by atoms with Crippen molar-refractivity contribution in [1.82, 2.24) is 4.98 Å². The van der Waals surface area contributed by atoms with Crippen molar-refractivity contribution in [3.8, 4) is 5.75 Å². The standard InChI is InChI=1S/C26H23N3O3S/c1-15-21(16(2)30)20(14-9-17-7-5-4-6-8-17)22-23(27)24(33-26(22)28-15)25(31)29-18-10-12-19(32-3)13-11-18/h4-14H,27H2,1-3H3,(H,29,31). The maximum atomic E-state index is 13.0. The van der Waals surface area contributed by atoms with E-state index >= 15 is 0 Å². The lowest BCUT2D eigenvalue weighted by Gasteiger charge is -2.09. The van der Waals surface area contributed by atoms with Gasteiger partial charge in [-0.3, -0.25) is 9.59 Å². The van der Waals surface area contributed by atoms with Crippen LogP contribution in [0.1, 0.15) is 43.8 Å². The highest BCUT2D eigenvalue weighted by Gasteiger charge is 2.23. The monoisotopic (exact) mass is 457 g/mol. The number of nitrogens with zero attached hydrogens (tertiary/aromatic N) is 1. The van der Waals surface area contributed by atoms with Crippen molar-refractivity contribution in [2.75, 3.05) is 18.2 Å². The Hall–Kier alpha value is -3.97. The fourth-order valence-corrected chi connectivity index (χ4v) is 4.74. The van der Waals surface area contributed by atoms with Crippen LogP contribution >= 0.6 is 11.3 Å². The number of carbonyl (C=O) groups excluding carboxylic acids is 2. The summed E-state index contributed by atoms with van der Waals surface area (Å²) in [4.78, 5) is 31.1. The molecule has 0 saturated carbocycles. The SMILES string of the molecule is COc1ccc(NC(=O)c2sc3nc(C)c(C(C)=O)c(C=Cc4ccccc4)c3c2N)cc1. The summed E-state index contributed by atoms with van der Waals surface area (Å²) >= 11 is 1.21. The van der Waals surface area contributed by atoms with Gasteiger partial charge in [-0.15, -0.1) is 11.3 Å². The Morgan fingerprint density at radius 2 is 1.76 bits per heavy atom. The number of nitrogen functional groups attached to an aromatic ring is 1. The highest BCUT2D eigenvalue weighted by atomic mass is 32.1. The number of ether oxygens (including phenoxy) is 1. The zero-order valence-corrected chi connectivity index (χ0v) is 19.3. The van der Waals surface area contributed by atoms with Crippen molar-refractivity contribution < 1.29 is 14.3 Å². The maximum Gasteiger partial charge on any atom is 0.267 e. The number of Topliss-reactive ketones (excluding diaryl/α,β-unsaturated/α-hetero) is 1. The zero-order chi connectivity index (χ0) is 23.5. The Morgan fingerprint density at radius 1 is 1.06 bits per heavy atom. The summed E-state index contributed by atoms with van der Waals surface area (Å²) < 4.78 is 5.15. The van der Waals surface area contributed by atoms with Crippen molar-refractivity contribution in [3.63, 3.8) is 0 Å². The smallest absolute Gasteiger partial charge is 0.267 e. The van der Waals surface area contributed by atoms with Gasteiger partial charge in [0.2, 0.25) is 0 Å². The molecule has 1 amide bonds. The number of nitrogens with one attached hydrogen (secondary N) is 1. The highest BCUT2D eigenvalue weighted by Crippen LogP contribution is 2.38. The maximum absolute atomic E-state index is 13.0. The van der Waals surface area contributed by atoms with Crippen molar-refractivity contribution in [1.29, 1.82) is 0 Å². The molecule has 0 radical (unpaired) electrons. The molecule has 0 atom stereocenters. The van der Waals surface area contributed by atoms with E-state index in [2.05, 4.69) is 10.3 Å². The van der Waals surface area contributed by atoms with E-state index in [1.807, 2.05) is 42.5 Å². The second-order valence-electron chi connectivity index (χ2n) is 7.49. The average Bonchev–Trinajstić information content (AvgIpc) is 3.14. The van der Waals surface area contributed by atoms with Crippen molar-refractivity contribution in [2.24, 2.45) is 0 Å². The predicted molar refractivity (Wildman–Crippen MR) is 135 cm³/mol. The molecule has 0 aliphatic rings. The number of pyridine rings is 1. The minimum Gasteiger partial charge on any atom is -0.497 e. The molecule has 0 bridgehead atoms. The Kier molecular flexibility index (Phi) is 6.24. The lowest BCUT2D eigenvalue weighted by Crippen LogP contribution is -2.12. The van der Waals surface area contributed by atoms with Gasteiger partial charge in [-0.2, -0.15) is 0 Å². The van der Waals surface area contributed by atoms with Gasteiger partial charge in [0.25, 0.3) is 5.91 Å². The van der Waals surface area contributed by atoms with Gasteiger partial charge >= 0.3 is 0 Å². The topological polar surface area (TPSA) is 94.3 Å². The van der Waals surface area contributed by atoms with Crippen molar-refractivity contribution in [2.45, 2.75) is 13.8 Å². The van der Waals surface area contributed by atoms with E-state index in [0.29, 0.717) is 49.0 Å². The van der Waals surface area contributed by atoms with Crippen LogP contribution in [-0.2, 0) is 0 Å². The molecule has 2 aromatic heterocycles. The number of ketones is 1. The Bertz CT molecular complexity index is 1370. The predicted octanol–water partition coefficient (Wildman–Crippen LogP) is 5.82. The number of carbonyl (C=O) groups is 2. The summed E-state index contributed by atoms with van der Waals surface area (Å²) in [5.74, 6) is 0.255. The number of methoxy groups -OCH3 is 1. The first kappa shape index (κ1) is 22.2. The lowest BCUT2D eigenvalue weighted by atomic mass is 9.98. The van der Waals surface area contributed by atoms with Gasteiger partial charge in [0.15, 0.2) is 5.78 Å². The number of aryl methyl sites for hydroxylation is 1. The van der Waals surface area contributed by atoms with E-state index in [1.165, 1.54) is 18.3 Å². The molecule has 6 nitrogen and oxygen atoms in total. The second-order valence-corrected chi connectivity index (χ2v) is 8.49. The summed E-state index contributed by atoms with van der Waals surface area (Å²) in [5.41, 5.74) is 10.2. The molecule has 33 heavy (non-hydrogen) atoms. The normalized spacial score (nSPS) is 11.1. The van der Waals surface area contributed by atoms with Crippen LogP contribution < -0.4 is 15.8 Å². The Balaban J connectivity index is 1.80. The van der Waals surface area contributed by atoms with Crippen molar-refractivity contribution >= 4 is 56.8 Å². The summed E-state index contributed by atoms with van der Waals surface area (Å²) in [6.07, 6.45) is 3.80. The first-order valence-electron chi connectivity index (χ1n) is 10.3. The molecule has 4 rings (SSSR count). The molecule has 0 unspecified atom stereocenters. The van der Waals surface area contributed by atoms with Crippen LogP contribution in [0.3, 0.4) is 0 Å². The molecular formula is C26H23N3O3S. The Morgan fingerprint density at radius 3 is 2.39 bits per heavy atom. The number of hydrogen-bond donors (Lipinski definition) is 2. The third-order valence-corrected chi connectivity index (χ3v) is 6.34. The van der Waals surface area contributed by atoms with Crippen LogP contribution in [-0.4, -0.2) is 23.8 Å². The number of hydrogen-bond acceptors (Lipinski definition) is 6. The van der Waals surface area contributed by atoms with E-state index in [9.17, 15) is 9.59 Å². The highest BCUT2D eigenvalue weighted by molar-refractivity contribution is 7.21. The number of benzene rings is 2. The van der Waals surface area contributed by atoms with Gasteiger partial charge in [0, 0.05) is 16.6 Å². The first-order chi connectivity index (χ1) is 15.9. The van der Waals surface area contributed by atoms with Gasteiger partial charge in [-0.05, 0) is 49.2 Å². The molecule has 0 aliphatic heterocycles. The first-order valence-corrected chi connectivity index (χ1v) is 11.1. The van der Waals surface area contributed by atoms with Gasteiger partial charge in [0.05, 0.1) is 18.5 Å². The quantitative estimate of drug-likeness (QED) is 0.356. The minimum atomic E-state index is -0.333. The molecule has 166 valence electrons. The van der Waals surface area contributed by atoms with Crippen LogP contribution in [0.4, 0.5) is 11.4 Å². The van der Waals surface area contributed by atoms with E-state index in [4.69, 9.17) is 10.5 Å². The van der Waals surface area contributed by atoms with Crippen LogP contribution in [0, 0.1) is 6.92 Å². The number of rotatable bonds is 6. The van der Waals surface area contributed by atoms with Gasteiger partial charge in [-0.1, -0.05) is 42.5 Å². The molecule has 0 spiro atoms. The summed E-state index contributed by atoms with van der Waals surface area (Å²) in [7, 11) is 1.58. The average molecular weight is 458 g/mol. The molecule has 2 aromatic carbocycles. The van der Waals surface area contributed by atoms with E-state index in [0.717, 1.165) is 5.56 Å². The molecule has 4 aromatic rings. The minimum absolute atomic E-state index is 0.107. The fourth-order valence-electron chi connectivity index (χ4n) is 3.68. The second kappa shape index (κ2) is 9.26. The van der Waals surface area contributed by atoms with Crippen LogP contribution in [0.5, 0.6) is 5.75 Å². The lowest BCUT2D eigenvalue weighted by molar-refractivity contribution is 0.101. The third-order valence-electron chi connectivity index (χ3n) is 5.24. The van der Waals surface area contributed by atoms with Crippen LogP contribution in [0.15, 0.2) is 54.6 Å². The van der Waals surface area contributed by atoms with Gasteiger partial charge in [-0.25, -0.2) is 4.98 Å². The molecular weight excluding hydrogens is 434 g/mol. The molecule has 0 fully saturated rings. The fraction of sp³-hybridized carbons (Fsp3) is 0.115. The number of anilines is 2. The molecule has 7 heteroatoms. The number of aromatic nitrogens is 1. The molecule has 3 N–H and O–H groups in total. The number of fused-ring (bicyclic) bond motifs is 1. The van der Waals surface area contributed by atoms with Gasteiger partial charge < -0.3 is 15.8 Å². The van der Waals surface area contributed by atoms with E-state index in [-0.39, 0.29) is 11.7 Å². The summed E-state index contributed by atoms with van der Waals surface area (Å²) in [6, 6.07) is 16.8.